The summed E-state index contributed by atoms with van der Waals surface area (Å²) in [7, 11) is 0. The van der Waals surface area contributed by atoms with E-state index in [4.69, 9.17) is 22.4 Å². The lowest BCUT2D eigenvalue weighted by Crippen LogP contribution is -2.11. The van der Waals surface area contributed by atoms with E-state index in [1.54, 1.807) is 0 Å². The number of H-pyrrole nitrogens is 1. The third kappa shape index (κ3) is 2.03. The number of carbonyl (C=O) groups is 2. The number of nitrogens with zero attached hydrogens (tertiary/aromatic N) is 2. The van der Waals surface area contributed by atoms with Crippen LogP contribution in [0.15, 0.2) is 18.2 Å². The number of carboxylic acids is 1. The first-order chi connectivity index (χ1) is 8.50. The summed E-state index contributed by atoms with van der Waals surface area (Å²) in [5.74, 6) is -2.01. The zero-order valence-electron chi connectivity index (χ0n) is 8.85. The van der Waals surface area contributed by atoms with Crippen LogP contribution in [0.1, 0.15) is 26.5 Å². The van der Waals surface area contributed by atoms with Crippen LogP contribution >= 0.6 is 11.6 Å². The molecular formula is C10H7ClN4O3. The van der Waals surface area contributed by atoms with Gasteiger partial charge in [-0.15, -0.1) is 5.10 Å². The summed E-state index contributed by atoms with van der Waals surface area (Å²) in [6, 6.07) is 4.32. The van der Waals surface area contributed by atoms with Crippen LogP contribution in [-0.2, 0) is 0 Å². The van der Waals surface area contributed by atoms with E-state index in [-0.39, 0.29) is 16.9 Å². The number of ketones is 1. The molecule has 2 rings (SSSR count). The molecule has 0 radical (unpaired) electrons. The maximum absolute atomic E-state index is 12.1. The van der Waals surface area contributed by atoms with Crippen molar-refractivity contribution >= 4 is 29.0 Å². The highest BCUT2D eigenvalue weighted by Crippen LogP contribution is 2.21. The Morgan fingerprint density at radius 1 is 1.28 bits per heavy atom. The number of nitrogens with one attached hydrogen (secondary N) is 1. The van der Waals surface area contributed by atoms with Crippen molar-refractivity contribution in [2.45, 2.75) is 0 Å². The van der Waals surface area contributed by atoms with Gasteiger partial charge in [0.1, 0.15) is 0 Å². The van der Waals surface area contributed by atoms with Gasteiger partial charge in [-0.3, -0.25) is 4.79 Å². The van der Waals surface area contributed by atoms with E-state index in [0.29, 0.717) is 5.02 Å². The number of carboxylic acid groups (broad SMARTS) is 1. The van der Waals surface area contributed by atoms with Gasteiger partial charge in [-0.2, -0.15) is 10.3 Å². The lowest BCUT2D eigenvalue weighted by atomic mass is 10.1. The Morgan fingerprint density at radius 3 is 2.61 bits per heavy atom. The Labute approximate surface area is 106 Å². The number of carbonyl (C=O) groups excluding carboxylic acids is 1. The molecule has 8 heteroatoms. The van der Waals surface area contributed by atoms with Crippen molar-refractivity contribution in [3.8, 4) is 0 Å². The lowest BCUT2D eigenvalue weighted by Gasteiger charge is -2.03. The molecule has 1 aromatic carbocycles. The number of rotatable bonds is 3. The van der Waals surface area contributed by atoms with Crippen LogP contribution in [0, 0.1) is 0 Å². The second-order valence-corrected chi connectivity index (χ2v) is 3.82. The van der Waals surface area contributed by atoms with Crippen LogP contribution in [0.5, 0.6) is 0 Å². The zero-order chi connectivity index (χ0) is 13.3. The molecule has 0 aliphatic carbocycles. The SMILES string of the molecule is Nc1ccc(Cl)cc1C(=O)c1n[nH]nc1C(=O)O. The summed E-state index contributed by atoms with van der Waals surface area (Å²) in [4.78, 5) is 22.9. The van der Waals surface area contributed by atoms with Crippen LogP contribution in [0.4, 0.5) is 5.69 Å². The molecule has 0 spiro atoms. The number of aromatic nitrogens is 3. The van der Waals surface area contributed by atoms with Crippen molar-refractivity contribution in [1.82, 2.24) is 15.4 Å². The Morgan fingerprint density at radius 2 is 1.94 bits per heavy atom. The maximum atomic E-state index is 12.1. The highest BCUT2D eigenvalue weighted by Gasteiger charge is 2.24. The molecule has 0 unspecified atom stereocenters. The molecule has 0 amide bonds. The number of aromatic amines is 1. The Hall–Kier alpha value is -2.41. The molecule has 0 saturated heterocycles. The zero-order valence-corrected chi connectivity index (χ0v) is 9.60. The number of aromatic carboxylic acids is 1. The average molecular weight is 267 g/mol. The minimum Gasteiger partial charge on any atom is -0.476 e. The van der Waals surface area contributed by atoms with Crippen LogP contribution in [0.2, 0.25) is 5.02 Å². The first-order valence-corrected chi connectivity index (χ1v) is 5.12. The van der Waals surface area contributed by atoms with E-state index in [1.807, 2.05) is 0 Å². The van der Waals surface area contributed by atoms with Crippen LogP contribution < -0.4 is 5.73 Å². The fourth-order valence-corrected chi connectivity index (χ4v) is 1.56. The quantitative estimate of drug-likeness (QED) is 0.562. The van der Waals surface area contributed by atoms with Crippen LogP contribution in [-0.4, -0.2) is 32.3 Å². The second kappa shape index (κ2) is 4.46. The van der Waals surface area contributed by atoms with Crippen molar-refractivity contribution in [3.63, 3.8) is 0 Å². The van der Waals surface area contributed by atoms with E-state index < -0.39 is 17.4 Å². The molecule has 0 atom stereocenters. The molecule has 0 aliphatic rings. The van der Waals surface area contributed by atoms with Gasteiger partial charge in [-0.05, 0) is 18.2 Å². The minimum atomic E-state index is -1.35. The number of nitrogen functional groups attached to an aromatic ring is 1. The van der Waals surface area contributed by atoms with Gasteiger partial charge in [0.15, 0.2) is 5.69 Å². The summed E-state index contributed by atoms with van der Waals surface area (Å²) >= 11 is 5.76. The van der Waals surface area contributed by atoms with E-state index in [9.17, 15) is 9.59 Å². The lowest BCUT2D eigenvalue weighted by molar-refractivity contribution is 0.0686. The third-order valence-electron chi connectivity index (χ3n) is 2.23. The Bertz CT molecular complexity index is 638. The number of nitrogens with two attached hydrogens (primary N) is 1. The fraction of sp³-hybridized carbons (Fsp3) is 0. The van der Waals surface area contributed by atoms with Crippen LogP contribution in [0.25, 0.3) is 0 Å². The molecule has 0 saturated carbocycles. The molecule has 4 N–H and O–H groups in total. The first kappa shape index (κ1) is 12.1. The van der Waals surface area contributed by atoms with E-state index in [0.717, 1.165) is 0 Å². The topological polar surface area (TPSA) is 122 Å². The number of hydrogen-bond donors (Lipinski definition) is 3. The molecule has 0 bridgehead atoms. The van der Waals surface area contributed by atoms with Gasteiger partial charge in [0.05, 0.1) is 0 Å². The number of halogens is 1. The predicted molar refractivity (Wildman–Crippen MR) is 62.6 cm³/mol. The van der Waals surface area contributed by atoms with Crippen molar-refractivity contribution in [3.05, 3.63) is 40.2 Å². The minimum absolute atomic E-state index is 0.0823. The van der Waals surface area contributed by atoms with Crippen LogP contribution in [0.3, 0.4) is 0 Å². The van der Waals surface area contributed by atoms with E-state index in [2.05, 4.69) is 15.4 Å². The summed E-state index contributed by atoms with van der Waals surface area (Å²) in [6.07, 6.45) is 0. The number of benzene rings is 1. The molecule has 0 aliphatic heterocycles. The van der Waals surface area contributed by atoms with Crippen molar-refractivity contribution < 1.29 is 14.7 Å². The smallest absolute Gasteiger partial charge is 0.358 e. The maximum Gasteiger partial charge on any atom is 0.358 e. The number of hydrogen-bond acceptors (Lipinski definition) is 5. The van der Waals surface area contributed by atoms with Gasteiger partial charge in [-0.1, -0.05) is 11.6 Å². The number of anilines is 1. The van der Waals surface area contributed by atoms with Gasteiger partial charge in [-0.25, -0.2) is 4.79 Å². The average Bonchev–Trinajstić information content (AvgIpc) is 2.80. The highest BCUT2D eigenvalue weighted by atomic mass is 35.5. The molecule has 0 fully saturated rings. The molecule has 92 valence electrons. The molecule has 18 heavy (non-hydrogen) atoms. The van der Waals surface area contributed by atoms with Gasteiger partial charge in [0, 0.05) is 16.3 Å². The largest absolute Gasteiger partial charge is 0.476 e. The van der Waals surface area contributed by atoms with Crippen molar-refractivity contribution in [1.29, 1.82) is 0 Å². The van der Waals surface area contributed by atoms with Gasteiger partial charge in [0.2, 0.25) is 11.5 Å². The summed E-state index contributed by atoms with van der Waals surface area (Å²) in [6.45, 7) is 0. The molecule has 1 heterocycles. The summed E-state index contributed by atoms with van der Waals surface area (Å²) in [5, 5.41) is 18.1. The standard InChI is InChI=1S/C10H7ClN4O3/c11-4-1-2-6(12)5(3-4)9(16)7-8(10(17)18)14-15-13-7/h1-3H,12H2,(H,17,18)(H,13,14,15). The molecule has 7 nitrogen and oxygen atoms in total. The van der Waals surface area contributed by atoms with E-state index >= 15 is 0 Å². The fourth-order valence-electron chi connectivity index (χ4n) is 1.39. The van der Waals surface area contributed by atoms with Gasteiger partial charge in [0.25, 0.3) is 0 Å². The summed E-state index contributed by atoms with van der Waals surface area (Å²) in [5.41, 5.74) is 5.14. The Kier molecular flexibility index (Phi) is 2.99. The monoisotopic (exact) mass is 266 g/mol. The van der Waals surface area contributed by atoms with Gasteiger partial charge >= 0.3 is 5.97 Å². The molecule has 1 aromatic heterocycles. The van der Waals surface area contributed by atoms with Crippen molar-refractivity contribution in [2.24, 2.45) is 0 Å². The first-order valence-electron chi connectivity index (χ1n) is 4.74. The predicted octanol–water partition coefficient (Wildman–Crippen LogP) is 0.970. The van der Waals surface area contributed by atoms with Gasteiger partial charge < -0.3 is 10.8 Å². The van der Waals surface area contributed by atoms with E-state index in [1.165, 1.54) is 18.2 Å². The summed E-state index contributed by atoms with van der Waals surface area (Å²) < 4.78 is 0. The molecule has 2 aromatic rings. The highest BCUT2D eigenvalue weighted by molar-refractivity contribution is 6.31. The van der Waals surface area contributed by atoms with Crippen molar-refractivity contribution in [2.75, 3.05) is 5.73 Å². The normalized spacial score (nSPS) is 10.3. The molecular weight excluding hydrogens is 260 g/mol. The third-order valence-corrected chi connectivity index (χ3v) is 2.46. The Balaban J connectivity index is 2.51. The second-order valence-electron chi connectivity index (χ2n) is 3.39.